The molecule has 5 rings (SSSR count). The molecule has 0 bridgehead atoms. The Morgan fingerprint density at radius 3 is 2.67 bits per heavy atom. The number of alkyl halides is 3. The van der Waals surface area contributed by atoms with Crippen molar-refractivity contribution in [2.24, 2.45) is 5.73 Å². The van der Waals surface area contributed by atoms with E-state index in [1.165, 1.54) is 0 Å². The van der Waals surface area contributed by atoms with Gasteiger partial charge in [-0.2, -0.15) is 18.2 Å². The van der Waals surface area contributed by atoms with Gasteiger partial charge in [0.05, 0.1) is 5.56 Å². The Labute approximate surface area is 187 Å². The summed E-state index contributed by atoms with van der Waals surface area (Å²) in [5.74, 6) is -0.278. The average Bonchev–Trinajstić information content (AvgIpc) is 3.53. The highest BCUT2D eigenvalue weighted by molar-refractivity contribution is 5.94. The van der Waals surface area contributed by atoms with Crippen molar-refractivity contribution in [1.29, 1.82) is 0 Å². The van der Waals surface area contributed by atoms with Crippen LogP contribution in [0.15, 0.2) is 53.2 Å². The molecule has 2 aromatic carbocycles. The summed E-state index contributed by atoms with van der Waals surface area (Å²) in [6.07, 6.45) is 0.703. The number of benzene rings is 2. The first-order valence-electron chi connectivity index (χ1n) is 10.7. The number of carbonyl (C=O) groups is 1. The van der Waals surface area contributed by atoms with Crippen molar-refractivity contribution in [2.45, 2.75) is 44.3 Å². The van der Waals surface area contributed by atoms with Crippen molar-refractivity contribution in [3.8, 4) is 22.8 Å². The van der Waals surface area contributed by atoms with Crippen LogP contribution in [0.5, 0.6) is 0 Å². The molecule has 0 spiro atoms. The lowest BCUT2D eigenvalue weighted by Crippen LogP contribution is -2.17. The van der Waals surface area contributed by atoms with Gasteiger partial charge >= 0.3 is 6.18 Å². The molecule has 0 saturated heterocycles. The Hall–Kier alpha value is -3.62. The van der Waals surface area contributed by atoms with Crippen LogP contribution >= 0.6 is 0 Å². The number of fused-ring (bicyclic) bond motifs is 1. The van der Waals surface area contributed by atoms with Gasteiger partial charge in [-0.1, -0.05) is 36.2 Å². The summed E-state index contributed by atoms with van der Waals surface area (Å²) in [7, 11) is 0. The number of nitrogens with zero attached hydrogens (tertiary/aromatic N) is 3. The second-order valence-electron chi connectivity index (χ2n) is 8.35. The number of nitrogens with two attached hydrogens (primary N) is 1. The van der Waals surface area contributed by atoms with Gasteiger partial charge in [-0.05, 0) is 48.6 Å². The molecule has 170 valence electrons. The van der Waals surface area contributed by atoms with Gasteiger partial charge in [0, 0.05) is 28.2 Å². The van der Waals surface area contributed by atoms with E-state index >= 15 is 0 Å². The van der Waals surface area contributed by atoms with Crippen LogP contribution in [0.1, 0.15) is 42.7 Å². The number of carbonyl (C=O) groups excluding carboxylic acids is 1. The largest absolute Gasteiger partial charge is 0.416 e. The van der Waals surface area contributed by atoms with Crippen LogP contribution in [0.2, 0.25) is 0 Å². The Morgan fingerprint density at radius 1 is 1.15 bits per heavy atom. The monoisotopic (exact) mass is 454 g/mol. The molecule has 1 aliphatic rings. The van der Waals surface area contributed by atoms with E-state index < -0.39 is 17.6 Å². The van der Waals surface area contributed by atoms with Crippen molar-refractivity contribution < 1.29 is 22.5 Å². The van der Waals surface area contributed by atoms with Gasteiger partial charge in [-0.3, -0.25) is 4.79 Å². The van der Waals surface area contributed by atoms with E-state index in [9.17, 15) is 18.0 Å². The molecule has 1 saturated carbocycles. The third-order valence-electron chi connectivity index (χ3n) is 6.21. The first kappa shape index (κ1) is 21.2. The third kappa shape index (κ3) is 3.99. The number of halogens is 3. The van der Waals surface area contributed by atoms with E-state index in [0.717, 1.165) is 42.7 Å². The van der Waals surface area contributed by atoms with Crippen molar-refractivity contribution >= 4 is 16.8 Å². The molecule has 33 heavy (non-hydrogen) atoms. The van der Waals surface area contributed by atoms with Gasteiger partial charge in [0.1, 0.15) is 6.54 Å². The second kappa shape index (κ2) is 8.06. The van der Waals surface area contributed by atoms with Gasteiger partial charge in [0.15, 0.2) is 0 Å². The van der Waals surface area contributed by atoms with Gasteiger partial charge in [-0.25, -0.2) is 0 Å². The quantitative estimate of drug-likeness (QED) is 0.430. The number of hydrogen-bond donors (Lipinski definition) is 1. The molecule has 2 aromatic heterocycles. The van der Waals surface area contributed by atoms with Crippen molar-refractivity contribution in [3.63, 3.8) is 0 Å². The number of rotatable bonds is 5. The molecule has 0 aliphatic heterocycles. The molecule has 4 aromatic rings. The molecular weight excluding hydrogens is 433 g/mol. The second-order valence-corrected chi connectivity index (χ2v) is 8.35. The van der Waals surface area contributed by atoms with E-state index in [1.54, 1.807) is 35.0 Å². The van der Waals surface area contributed by atoms with Gasteiger partial charge in [-0.15, -0.1) is 0 Å². The highest BCUT2D eigenvalue weighted by atomic mass is 19.4. The number of aromatic nitrogens is 3. The fourth-order valence-electron chi connectivity index (χ4n) is 4.70. The molecule has 0 unspecified atom stereocenters. The third-order valence-corrected chi connectivity index (χ3v) is 6.21. The van der Waals surface area contributed by atoms with E-state index in [2.05, 4.69) is 10.1 Å². The summed E-state index contributed by atoms with van der Waals surface area (Å²) in [4.78, 5) is 15.7. The number of hydrogen-bond acceptors (Lipinski definition) is 4. The van der Waals surface area contributed by atoms with Crippen LogP contribution in [0.25, 0.3) is 33.7 Å². The summed E-state index contributed by atoms with van der Waals surface area (Å²) in [5.41, 5.74) is 6.63. The molecule has 6 nitrogen and oxygen atoms in total. The molecule has 9 heteroatoms. The summed E-state index contributed by atoms with van der Waals surface area (Å²) < 4.78 is 48.6. The summed E-state index contributed by atoms with van der Waals surface area (Å²) in [5, 5.41) is 4.78. The zero-order valence-electron chi connectivity index (χ0n) is 17.6. The Balaban J connectivity index is 1.53. The van der Waals surface area contributed by atoms with Crippen LogP contribution in [0.3, 0.4) is 0 Å². The molecule has 2 heterocycles. The van der Waals surface area contributed by atoms with E-state index in [1.807, 2.05) is 12.1 Å². The average molecular weight is 454 g/mol. The highest BCUT2D eigenvalue weighted by Gasteiger charge is 2.36. The van der Waals surface area contributed by atoms with E-state index in [-0.39, 0.29) is 29.7 Å². The lowest BCUT2D eigenvalue weighted by molar-refractivity contribution is -0.138. The minimum absolute atomic E-state index is 0.0158. The van der Waals surface area contributed by atoms with Crippen LogP contribution in [0, 0.1) is 0 Å². The summed E-state index contributed by atoms with van der Waals surface area (Å²) >= 11 is 0. The number of primary amides is 1. The fraction of sp³-hybridized carbons (Fsp3) is 0.292. The predicted molar refractivity (Wildman–Crippen MR) is 116 cm³/mol. The van der Waals surface area contributed by atoms with Crippen molar-refractivity contribution in [1.82, 2.24) is 14.7 Å². The lowest BCUT2D eigenvalue weighted by atomic mass is 9.91. The van der Waals surface area contributed by atoms with Crippen molar-refractivity contribution in [3.05, 3.63) is 59.8 Å². The minimum atomic E-state index is -4.47. The van der Waals surface area contributed by atoms with Crippen LogP contribution < -0.4 is 5.73 Å². The lowest BCUT2D eigenvalue weighted by Gasteiger charge is -2.18. The summed E-state index contributed by atoms with van der Waals surface area (Å²) in [6.45, 7) is 0.0258. The maximum absolute atomic E-state index is 13.8. The molecule has 1 aliphatic carbocycles. The zero-order valence-corrected chi connectivity index (χ0v) is 17.6. The standard InChI is InChI=1S/C24H21F3N4O2/c25-24(26,27)19-12-15(8-9-16(19)14-4-1-2-5-14)23-29-22(30-33-23)18-6-3-7-20-17(18)10-11-31(20)13-21(28)32/h3,6-12,14H,1-2,4-5,13H2,(H2,28,32). The molecule has 1 fully saturated rings. The highest BCUT2D eigenvalue weighted by Crippen LogP contribution is 2.43. The molecule has 0 radical (unpaired) electrons. The van der Waals surface area contributed by atoms with Gasteiger partial charge in [0.25, 0.3) is 5.89 Å². The maximum atomic E-state index is 13.8. The normalized spacial score (nSPS) is 14.9. The molecule has 1 amide bonds. The smallest absolute Gasteiger partial charge is 0.368 e. The zero-order chi connectivity index (χ0) is 23.2. The predicted octanol–water partition coefficient (Wildman–Crippen LogP) is 5.52. The van der Waals surface area contributed by atoms with Crippen LogP contribution in [-0.4, -0.2) is 20.6 Å². The van der Waals surface area contributed by atoms with E-state index in [4.69, 9.17) is 10.3 Å². The van der Waals surface area contributed by atoms with Gasteiger partial charge in [0.2, 0.25) is 11.7 Å². The van der Waals surface area contributed by atoms with Crippen LogP contribution in [0.4, 0.5) is 13.2 Å². The first-order chi connectivity index (χ1) is 15.8. The van der Waals surface area contributed by atoms with Crippen molar-refractivity contribution in [2.75, 3.05) is 0 Å². The Kier molecular flexibility index (Phi) is 5.19. The first-order valence-corrected chi connectivity index (χ1v) is 10.7. The van der Waals surface area contributed by atoms with Gasteiger partial charge < -0.3 is 14.8 Å². The SMILES string of the molecule is NC(=O)Cn1ccc2c(-c3noc(-c4ccc(C5CCCC5)c(C(F)(F)F)c4)n3)cccc21. The fourth-order valence-corrected chi connectivity index (χ4v) is 4.70. The maximum Gasteiger partial charge on any atom is 0.416 e. The Bertz CT molecular complexity index is 1330. The topological polar surface area (TPSA) is 86.9 Å². The molecule has 2 N–H and O–H groups in total. The number of amides is 1. The Morgan fingerprint density at radius 2 is 1.94 bits per heavy atom. The molecular formula is C24H21F3N4O2. The molecule has 0 atom stereocenters. The van der Waals surface area contributed by atoms with E-state index in [0.29, 0.717) is 11.1 Å². The van der Waals surface area contributed by atoms with Crippen LogP contribution in [-0.2, 0) is 17.5 Å². The minimum Gasteiger partial charge on any atom is -0.368 e. The summed E-state index contributed by atoms with van der Waals surface area (Å²) in [6, 6.07) is 11.5.